The third kappa shape index (κ3) is 6.74. The van der Waals surface area contributed by atoms with Crippen LogP contribution >= 0.6 is 7.60 Å². The van der Waals surface area contributed by atoms with Gasteiger partial charge in [0.25, 0.3) is 0 Å². The van der Waals surface area contributed by atoms with Gasteiger partial charge >= 0.3 is 19.5 Å². The molecule has 2 aromatic rings. The fourth-order valence-electron chi connectivity index (χ4n) is 2.95. The molecule has 8 nitrogen and oxygen atoms in total. The Bertz CT molecular complexity index is 976. The molecule has 2 N–H and O–H groups in total. The van der Waals surface area contributed by atoms with Gasteiger partial charge in [0.2, 0.25) is 5.54 Å². The number of benzene rings is 2. The second-order valence-electron chi connectivity index (χ2n) is 8.25. The first-order chi connectivity index (χ1) is 15.5. The molecule has 0 bridgehead atoms. The number of carbonyl (C=O) groups excluding carboxylic acids is 2. The van der Waals surface area contributed by atoms with Crippen LogP contribution in [-0.4, -0.2) is 30.8 Å². The van der Waals surface area contributed by atoms with Gasteiger partial charge in [-0.3, -0.25) is 4.57 Å². The molecule has 2 aromatic carbocycles. The first-order valence-electron chi connectivity index (χ1n) is 10.7. The summed E-state index contributed by atoms with van der Waals surface area (Å²) in [6.07, 6.45) is 0. The molecule has 0 radical (unpaired) electrons. The second-order valence-corrected chi connectivity index (χ2v) is 10.3. The molecule has 0 aromatic heterocycles. The van der Waals surface area contributed by atoms with Crippen LogP contribution in [0.2, 0.25) is 0 Å². The highest BCUT2D eigenvalue weighted by Gasteiger charge is 2.48. The lowest BCUT2D eigenvalue weighted by Crippen LogP contribution is -2.55. The lowest BCUT2D eigenvalue weighted by Gasteiger charge is -2.30. The van der Waals surface area contributed by atoms with E-state index in [0.29, 0.717) is 0 Å². The number of hydrogen-bond acceptors (Lipinski definition) is 8. The molecule has 0 saturated carbocycles. The maximum Gasteiger partial charge on any atom is 0.361 e. The van der Waals surface area contributed by atoms with Crippen LogP contribution in [0.15, 0.2) is 54.6 Å². The van der Waals surface area contributed by atoms with Crippen LogP contribution < -0.4 is 11.0 Å². The molecule has 180 valence electrons. The van der Waals surface area contributed by atoms with Crippen molar-refractivity contribution < 1.29 is 32.7 Å². The van der Waals surface area contributed by atoms with Crippen molar-refractivity contribution in [1.29, 1.82) is 0 Å². The molecule has 1 unspecified atom stereocenters. The van der Waals surface area contributed by atoms with E-state index in [-0.39, 0.29) is 30.7 Å². The standard InChI is InChI=1S/C24H32NO7P/c1-6-30-33(28,31-7-2)20-15-13-19(14-16-20)24(25,22(27)32-23(3,4)5)21(26)29-17-18-11-9-8-10-12-18/h8-16H,6-7,17,25H2,1-5H3. The fourth-order valence-corrected chi connectivity index (χ4v) is 4.51. The summed E-state index contributed by atoms with van der Waals surface area (Å²) in [5.41, 5.74) is 4.11. The Kier molecular flexibility index (Phi) is 8.97. The summed E-state index contributed by atoms with van der Waals surface area (Å²) in [6, 6.07) is 14.8. The summed E-state index contributed by atoms with van der Waals surface area (Å²) in [7, 11) is -3.55. The van der Waals surface area contributed by atoms with Crippen LogP contribution in [0.4, 0.5) is 0 Å². The summed E-state index contributed by atoms with van der Waals surface area (Å²) in [5.74, 6) is -1.93. The van der Waals surface area contributed by atoms with Crippen LogP contribution in [0, 0.1) is 0 Å². The number of nitrogens with two attached hydrogens (primary N) is 1. The molecule has 0 heterocycles. The molecule has 0 amide bonds. The zero-order chi connectivity index (χ0) is 24.7. The van der Waals surface area contributed by atoms with Crippen molar-refractivity contribution >= 4 is 24.8 Å². The minimum atomic E-state index is -3.55. The monoisotopic (exact) mass is 477 g/mol. The van der Waals surface area contributed by atoms with E-state index >= 15 is 0 Å². The van der Waals surface area contributed by atoms with Gasteiger partial charge in [-0.1, -0.05) is 42.5 Å². The molecule has 0 saturated heterocycles. The number of carbonyl (C=O) groups is 2. The van der Waals surface area contributed by atoms with E-state index in [1.165, 1.54) is 24.3 Å². The molecule has 0 fully saturated rings. The molecule has 0 aliphatic rings. The summed E-state index contributed by atoms with van der Waals surface area (Å²) >= 11 is 0. The third-order valence-electron chi connectivity index (χ3n) is 4.49. The Morgan fingerprint density at radius 3 is 1.91 bits per heavy atom. The van der Waals surface area contributed by atoms with Crippen molar-refractivity contribution in [3.05, 3.63) is 65.7 Å². The molecule has 2 rings (SSSR count). The van der Waals surface area contributed by atoms with Crippen LogP contribution in [0.1, 0.15) is 45.7 Å². The van der Waals surface area contributed by atoms with Crippen molar-refractivity contribution in [2.24, 2.45) is 5.73 Å². The Labute approximate surface area is 194 Å². The maximum atomic E-state index is 13.1. The topological polar surface area (TPSA) is 114 Å². The van der Waals surface area contributed by atoms with Gasteiger partial charge in [0.1, 0.15) is 12.2 Å². The van der Waals surface area contributed by atoms with Crippen molar-refractivity contribution in [2.75, 3.05) is 13.2 Å². The van der Waals surface area contributed by atoms with Gasteiger partial charge in [-0.2, -0.15) is 0 Å². The highest BCUT2D eigenvalue weighted by molar-refractivity contribution is 7.62. The predicted octanol–water partition coefficient (Wildman–Crippen LogP) is 3.82. The van der Waals surface area contributed by atoms with E-state index in [0.717, 1.165) is 5.56 Å². The van der Waals surface area contributed by atoms with Crippen LogP contribution in [0.25, 0.3) is 0 Å². The van der Waals surface area contributed by atoms with Gasteiger partial charge < -0.3 is 24.3 Å². The van der Waals surface area contributed by atoms with E-state index in [9.17, 15) is 14.2 Å². The molecule has 0 spiro atoms. The van der Waals surface area contributed by atoms with Crippen molar-refractivity contribution in [1.82, 2.24) is 0 Å². The molecule has 0 aliphatic carbocycles. The predicted molar refractivity (Wildman–Crippen MR) is 125 cm³/mol. The van der Waals surface area contributed by atoms with Gasteiger partial charge in [-0.05, 0) is 57.9 Å². The fraction of sp³-hybridized carbons (Fsp3) is 0.417. The van der Waals surface area contributed by atoms with Gasteiger partial charge in [-0.25, -0.2) is 9.59 Å². The lowest BCUT2D eigenvalue weighted by molar-refractivity contribution is -0.173. The second kappa shape index (κ2) is 11.1. The van der Waals surface area contributed by atoms with E-state index in [1.807, 2.05) is 6.07 Å². The SMILES string of the molecule is CCOP(=O)(OCC)c1ccc(C(N)(C(=O)OCc2ccccc2)C(=O)OC(C)(C)C)cc1. The first kappa shape index (κ1) is 26.7. The quantitative estimate of drug-likeness (QED) is 0.312. The highest BCUT2D eigenvalue weighted by atomic mass is 31.2. The van der Waals surface area contributed by atoms with E-state index < -0.39 is 30.7 Å². The lowest BCUT2D eigenvalue weighted by atomic mass is 9.90. The summed E-state index contributed by atoms with van der Waals surface area (Å²) in [5, 5.41) is 0.277. The van der Waals surface area contributed by atoms with Crippen LogP contribution in [-0.2, 0) is 44.8 Å². The molecule has 9 heteroatoms. The zero-order valence-electron chi connectivity index (χ0n) is 19.7. The Morgan fingerprint density at radius 2 is 1.42 bits per heavy atom. The van der Waals surface area contributed by atoms with Gasteiger partial charge in [0.15, 0.2) is 0 Å². The van der Waals surface area contributed by atoms with Crippen molar-refractivity contribution in [2.45, 2.75) is 52.4 Å². The summed E-state index contributed by atoms with van der Waals surface area (Å²) < 4.78 is 34.6. The Morgan fingerprint density at radius 1 is 0.879 bits per heavy atom. The number of esters is 2. The average molecular weight is 477 g/mol. The first-order valence-corrected chi connectivity index (χ1v) is 12.2. The van der Waals surface area contributed by atoms with E-state index in [1.54, 1.807) is 58.9 Å². The van der Waals surface area contributed by atoms with Crippen molar-refractivity contribution in [3.63, 3.8) is 0 Å². The van der Waals surface area contributed by atoms with Crippen LogP contribution in [0.5, 0.6) is 0 Å². The molecule has 1 atom stereocenters. The molecule has 33 heavy (non-hydrogen) atoms. The molecule has 0 aliphatic heterocycles. The molecular weight excluding hydrogens is 445 g/mol. The number of rotatable bonds is 10. The van der Waals surface area contributed by atoms with Gasteiger partial charge in [-0.15, -0.1) is 0 Å². The van der Waals surface area contributed by atoms with Crippen LogP contribution in [0.3, 0.4) is 0 Å². The smallest absolute Gasteiger partial charge is 0.361 e. The minimum absolute atomic E-state index is 0.0661. The summed E-state index contributed by atoms with van der Waals surface area (Å²) in [4.78, 5) is 26.2. The largest absolute Gasteiger partial charge is 0.459 e. The van der Waals surface area contributed by atoms with Crippen molar-refractivity contribution in [3.8, 4) is 0 Å². The van der Waals surface area contributed by atoms with E-state index in [4.69, 9.17) is 24.3 Å². The summed E-state index contributed by atoms with van der Waals surface area (Å²) in [6.45, 7) is 8.72. The minimum Gasteiger partial charge on any atom is -0.459 e. The van der Waals surface area contributed by atoms with Gasteiger partial charge in [0.05, 0.1) is 18.5 Å². The molecular formula is C24H32NO7P. The Balaban J connectivity index is 2.41. The maximum absolute atomic E-state index is 13.1. The number of hydrogen-bond donors (Lipinski definition) is 1. The zero-order valence-corrected chi connectivity index (χ0v) is 20.6. The Hall–Kier alpha value is -2.51. The number of ether oxygens (including phenoxy) is 2. The normalized spacial score (nSPS) is 13.8. The third-order valence-corrected chi connectivity index (χ3v) is 6.62. The average Bonchev–Trinajstić information content (AvgIpc) is 2.77. The van der Waals surface area contributed by atoms with E-state index in [2.05, 4.69) is 0 Å². The van der Waals surface area contributed by atoms with Gasteiger partial charge in [0, 0.05) is 0 Å². The highest BCUT2D eigenvalue weighted by Crippen LogP contribution is 2.46.